The Bertz CT molecular complexity index is 247. The molecule has 0 aromatic heterocycles. The van der Waals surface area contributed by atoms with E-state index >= 15 is 0 Å². The Labute approximate surface area is 105 Å². The molecule has 0 spiro atoms. The van der Waals surface area contributed by atoms with Crippen molar-refractivity contribution in [1.29, 1.82) is 0 Å². The van der Waals surface area contributed by atoms with Crippen LogP contribution in [0.5, 0.6) is 0 Å². The van der Waals surface area contributed by atoms with Gasteiger partial charge >= 0.3 is 0 Å². The molecule has 0 bridgehead atoms. The van der Waals surface area contributed by atoms with E-state index in [1.165, 1.54) is 0 Å². The van der Waals surface area contributed by atoms with Crippen LogP contribution in [-0.2, 0) is 4.79 Å². The van der Waals surface area contributed by atoms with Crippen LogP contribution in [0.1, 0.15) is 33.6 Å². The van der Waals surface area contributed by atoms with Gasteiger partial charge in [-0.15, -0.1) is 0 Å². The second-order valence-electron chi connectivity index (χ2n) is 5.22. The van der Waals surface area contributed by atoms with Crippen molar-refractivity contribution in [2.24, 2.45) is 11.7 Å². The molecular formula is C13H27N3O. The molecule has 1 aliphatic carbocycles. The second-order valence-corrected chi connectivity index (χ2v) is 5.22. The maximum Gasteiger partial charge on any atom is 0.239 e. The van der Waals surface area contributed by atoms with Crippen LogP contribution in [0.4, 0.5) is 0 Å². The fourth-order valence-electron chi connectivity index (χ4n) is 2.49. The maximum absolute atomic E-state index is 12.2. The van der Waals surface area contributed by atoms with Crippen molar-refractivity contribution < 1.29 is 4.79 Å². The largest absolute Gasteiger partial charge is 0.342 e. The summed E-state index contributed by atoms with van der Waals surface area (Å²) in [5, 5.41) is 0. The predicted molar refractivity (Wildman–Crippen MR) is 70.7 cm³/mol. The average molecular weight is 241 g/mol. The lowest BCUT2D eigenvalue weighted by Crippen LogP contribution is -2.49. The molecule has 100 valence electrons. The van der Waals surface area contributed by atoms with Gasteiger partial charge < -0.3 is 10.6 Å². The van der Waals surface area contributed by atoms with Gasteiger partial charge in [0.25, 0.3) is 0 Å². The van der Waals surface area contributed by atoms with Gasteiger partial charge in [0.2, 0.25) is 5.91 Å². The van der Waals surface area contributed by atoms with E-state index in [9.17, 15) is 4.79 Å². The monoisotopic (exact) mass is 241 g/mol. The smallest absolute Gasteiger partial charge is 0.239 e. The highest BCUT2D eigenvalue weighted by atomic mass is 16.2. The van der Waals surface area contributed by atoms with Gasteiger partial charge in [0, 0.05) is 25.7 Å². The molecule has 1 aliphatic rings. The van der Waals surface area contributed by atoms with E-state index in [0.717, 1.165) is 32.5 Å². The van der Waals surface area contributed by atoms with Gasteiger partial charge in [-0.3, -0.25) is 9.69 Å². The summed E-state index contributed by atoms with van der Waals surface area (Å²) in [5.41, 5.74) is 5.78. The van der Waals surface area contributed by atoms with E-state index in [-0.39, 0.29) is 11.9 Å². The number of rotatable bonds is 6. The highest BCUT2D eigenvalue weighted by Gasteiger charge is 2.30. The Balaban J connectivity index is 2.39. The zero-order valence-electron chi connectivity index (χ0n) is 11.6. The molecule has 1 saturated carbocycles. The van der Waals surface area contributed by atoms with E-state index in [2.05, 4.69) is 4.90 Å². The van der Waals surface area contributed by atoms with Crippen molar-refractivity contribution in [3.8, 4) is 0 Å². The van der Waals surface area contributed by atoms with Crippen LogP contribution in [0.2, 0.25) is 0 Å². The minimum absolute atomic E-state index is 0.0216. The standard InChI is InChI=1S/C13H27N3O/c1-5-16(6-2)13(17)10(3)15(4)9-11-7-12(14)8-11/h10-12H,5-9,14H2,1-4H3. The molecule has 17 heavy (non-hydrogen) atoms. The van der Waals surface area contributed by atoms with E-state index in [0.29, 0.717) is 12.0 Å². The summed E-state index contributed by atoms with van der Waals surface area (Å²) in [6.07, 6.45) is 2.22. The molecule has 1 unspecified atom stereocenters. The highest BCUT2D eigenvalue weighted by Crippen LogP contribution is 2.26. The first-order chi connectivity index (χ1) is 7.99. The average Bonchev–Trinajstić information content (AvgIpc) is 2.27. The van der Waals surface area contributed by atoms with Gasteiger partial charge in [0.15, 0.2) is 0 Å². The van der Waals surface area contributed by atoms with E-state index in [4.69, 9.17) is 5.73 Å². The highest BCUT2D eigenvalue weighted by molar-refractivity contribution is 5.81. The summed E-state index contributed by atoms with van der Waals surface area (Å²) in [5.74, 6) is 0.920. The second kappa shape index (κ2) is 6.36. The van der Waals surface area contributed by atoms with E-state index in [1.54, 1.807) is 0 Å². The Kier molecular flexibility index (Phi) is 5.40. The first-order valence-corrected chi connectivity index (χ1v) is 6.74. The molecule has 4 heteroatoms. The van der Waals surface area contributed by atoms with Gasteiger partial charge in [0.1, 0.15) is 0 Å². The minimum Gasteiger partial charge on any atom is -0.342 e. The third-order valence-corrected chi connectivity index (χ3v) is 3.91. The Hall–Kier alpha value is -0.610. The number of nitrogens with two attached hydrogens (primary N) is 1. The van der Waals surface area contributed by atoms with Crippen molar-refractivity contribution in [3.05, 3.63) is 0 Å². The molecular weight excluding hydrogens is 214 g/mol. The first-order valence-electron chi connectivity index (χ1n) is 6.74. The van der Waals surface area contributed by atoms with Crippen LogP contribution in [0.25, 0.3) is 0 Å². The number of carbonyl (C=O) groups excluding carboxylic acids is 1. The first kappa shape index (κ1) is 14.5. The molecule has 4 nitrogen and oxygen atoms in total. The molecule has 1 amide bonds. The minimum atomic E-state index is -0.0216. The third kappa shape index (κ3) is 3.68. The topological polar surface area (TPSA) is 49.6 Å². The van der Waals surface area contributed by atoms with Crippen molar-refractivity contribution in [3.63, 3.8) is 0 Å². The summed E-state index contributed by atoms with van der Waals surface area (Å²) in [4.78, 5) is 16.2. The molecule has 2 N–H and O–H groups in total. The van der Waals surface area contributed by atoms with Gasteiger partial charge in [-0.25, -0.2) is 0 Å². The van der Waals surface area contributed by atoms with Crippen LogP contribution in [-0.4, -0.2) is 54.5 Å². The van der Waals surface area contributed by atoms with Crippen molar-refractivity contribution in [2.75, 3.05) is 26.7 Å². The fraction of sp³-hybridized carbons (Fsp3) is 0.923. The van der Waals surface area contributed by atoms with Crippen LogP contribution in [0.3, 0.4) is 0 Å². The van der Waals surface area contributed by atoms with Crippen molar-refractivity contribution in [1.82, 2.24) is 9.80 Å². The predicted octanol–water partition coefficient (Wildman–Crippen LogP) is 0.912. The number of carbonyl (C=O) groups is 1. The van der Waals surface area contributed by atoms with Crippen LogP contribution in [0.15, 0.2) is 0 Å². The quantitative estimate of drug-likeness (QED) is 0.752. The number of nitrogens with zero attached hydrogens (tertiary/aromatic N) is 2. The van der Waals surface area contributed by atoms with Gasteiger partial charge in [-0.05, 0) is 46.6 Å². The molecule has 1 atom stereocenters. The molecule has 0 aromatic carbocycles. The summed E-state index contributed by atoms with van der Waals surface area (Å²) in [6, 6.07) is 0.369. The summed E-state index contributed by atoms with van der Waals surface area (Å²) < 4.78 is 0. The van der Waals surface area contributed by atoms with E-state index in [1.807, 2.05) is 32.7 Å². The summed E-state index contributed by atoms with van der Waals surface area (Å²) >= 11 is 0. The van der Waals surface area contributed by atoms with E-state index < -0.39 is 0 Å². The SMILES string of the molecule is CCN(CC)C(=O)C(C)N(C)CC1CC(N)C1. The summed E-state index contributed by atoms with van der Waals surface area (Å²) in [7, 11) is 2.04. The zero-order chi connectivity index (χ0) is 13.0. The number of amides is 1. The Morgan fingerprint density at radius 3 is 2.29 bits per heavy atom. The van der Waals surface area contributed by atoms with Crippen LogP contribution >= 0.6 is 0 Å². The Morgan fingerprint density at radius 1 is 1.35 bits per heavy atom. The van der Waals surface area contributed by atoms with Gasteiger partial charge in [0.05, 0.1) is 6.04 Å². The van der Waals surface area contributed by atoms with Gasteiger partial charge in [-0.2, -0.15) is 0 Å². The maximum atomic E-state index is 12.2. The lowest BCUT2D eigenvalue weighted by molar-refractivity contribution is -0.135. The normalized spacial score (nSPS) is 25.5. The lowest BCUT2D eigenvalue weighted by Gasteiger charge is -2.37. The molecule has 1 fully saturated rings. The van der Waals surface area contributed by atoms with Crippen molar-refractivity contribution >= 4 is 5.91 Å². The van der Waals surface area contributed by atoms with Crippen LogP contribution < -0.4 is 5.73 Å². The molecule has 1 rings (SSSR count). The Morgan fingerprint density at radius 2 is 1.88 bits per heavy atom. The number of hydrogen-bond donors (Lipinski definition) is 1. The van der Waals surface area contributed by atoms with Crippen molar-refractivity contribution in [2.45, 2.75) is 45.7 Å². The number of hydrogen-bond acceptors (Lipinski definition) is 3. The molecule has 0 aliphatic heterocycles. The zero-order valence-corrected chi connectivity index (χ0v) is 11.6. The van der Waals surface area contributed by atoms with Gasteiger partial charge in [-0.1, -0.05) is 0 Å². The molecule has 0 heterocycles. The molecule has 0 radical (unpaired) electrons. The summed E-state index contributed by atoms with van der Waals surface area (Å²) in [6.45, 7) is 8.63. The fourth-order valence-corrected chi connectivity index (χ4v) is 2.49. The molecule has 0 saturated heterocycles. The number of likely N-dealkylation sites (N-methyl/N-ethyl adjacent to an activating group) is 2. The molecule has 0 aromatic rings. The van der Waals surface area contributed by atoms with Crippen LogP contribution in [0, 0.1) is 5.92 Å². The lowest BCUT2D eigenvalue weighted by atomic mass is 9.80. The third-order valence-electron chi connectivity index (χ3n) is 3.91.